The van der Waals surface area contributed by atoms with Crippen molar-refractivity contribution in [3.8, 4) is 0 Å². The molecule has 0 fully saturated rings. The second-order valence-corrected chi connectivity index (χ2v) is 5.04. The van der Waals surface area contributed by atoms with Crippen LogP contribution in [0, 0.1) is 0 Å². The largest absolute Gasteiger partial charge is 0.480 e. The zero-order chi connectivity index (χ0) is 17.1. The van der Waals surface area contributed by atoms with Gasteiger partial charge in [-0.15, -0.1) is 0 Å². The zero-order valence-corrected chi connectivity index (χ0v) is 12.7. The van der Waals surface area contributed by atoms with Crippen molar-refractivity contribution in [1.29, 1.82) is 0 Å². The predicted octanol–water partition coefficient (Wildman–Crippen LogP) is 1.37. The fourth-order valence-corrected chi connectivity index (χ4v) is 2.03. The Morgan fingerprint density at radius 2 is 1.83 bits per heavy atom. The Morgan fingerprint density at radius 1 is 1.13 bits per heavy atom. The average Bonchev–Trinajstić information content (AvgIpc) is 2.50. The lowest BCUT2D eigenvalue weighted by molar-refractivity contribution is -0.492. The van der Waals surface area contributed by atoms with Crippen molar-refractivity contribution in [3.05, 3.63) is 35.9 Å². The first-order valence-corrected chi connectivity index (χ1v) is 7.36. The number of unbranched alkanes of at least 4 members (excludes halogenated alkanes) is 2. The minimum absolute atomic E-state index is 0.125. The number of carbonyl (C=O) groups excluding carboxylic acids is 1. The number of carboxylic acids is 1. The van der Waals surface area contributed by atoms with E-state index in [1.165, 1.54) is 0 Å². The van der Waals surface area contributed by atoms with Crippen LogP contribution in [0.25, 0.3) is 0 Å². The molecule has 1 rings (SSSR count). The summed E-state index contributed by atoms with van der Waals surface area (Å²) in [5.41, 5.74) is 0.843. The second-order valence-electron chi connectivity index (χ2n) is 5.04. The molecular weight excluding hydrogens is 304 g/mol. The molecule has 8 nitrogen and oxygen atoms in total. The highest BCUT2D eigenvalue weighted by molar-refractivity contribution is 5.83. The van der Waals surface area contributed by atoms with Gasteiger partial charge in [0.05, 0.1) is 12.0 Å². The smallest absolute Gasteiger partial charge is 0.326 e. The number of nitrogens with one attached hydrogen (secondary N) is 1. The van der Waals surface area contributed by atoms with Crippen molar-refractivity contribution < 1.29 is 29.9 Å². The highest BCUT2D eigenvalue weighted by atomic mass is 17.1. The van der Waals surface area contributed by atoms with Crippen LogP contribution in [0.2, 0.25) is 0 Å². The van der Waals surface area contributed by atoms with E-state index in [-0.39, 0.29) is 30.7 Å². The van der Waals surface area contributed by atoms with Crippen molar-refractivity contribution in [2.75, 3.05) is 6.61 Å². The Kier molecular flexibility index (Phi) is 8.85. The van der Waals surface area contributed by atoms with E-state index in [4.69, 9.17) is 10.4 Å². The van der Waals surface area contributed by atoms with Crippen molar-refractivity contribution >= 4 is 11.9 Å². The van der Waals surface area contributed by atoms with Crippen LogP contribution in [0.3, 0.4) is 0 Å². The number of aliphatic carboxylic acids is 1. The van der Waals surface area contributed by atoms with Gasteiger partial charge in [-0.1, -0.05) is 36.8 Å². The van der Waals surface area contributed by atoms with Gasteiger partial charge in [-0.05, 0) is 18.4 Å². The summed E-state index contributed by atoms with van der Waals surface area (Å²) in [6.45, 7) is 0.125. The Labute approximate surface area is 134 Å². The van der Waals surface area contributed by atoms with Crippen LogP contribution in [0.15, 0.2) is 30.3 Å². The van der Waals surface area contributed by atoms with E-state index in [0.717, 1.165) is 5.56 Å². The van der Waals surface area contributed by atoms with E-state index < -0.39 is 12.0 Å². The van der Waals surface area contributed by atoms with Gasteiger partial charge in [0.25, 0.3) is 0 Å². The Hall–Kier alpha value is -2.00. The molecule has 1 atom stereocenters. The summed E-state index contributed by atoms with van der Waals surface area (Å²) in [7, 11) is 0. The standard InChI is InChI=1S/C15H22N2O6/c18-14(9-5-2-6-10-23-17(21)22)16-13(15(19)20)11-12-7-3-1-4-8-12/h1,3-4,7-8,13,21-22H,2,5-6,9-11H2,(H,16,18)(H,19,20). The Balaban J connectivity index is 2.28. The van der Waals surface area contributed by atoms with Crippen LogP contribution in [0.5, 0.6) is 0 Å². The summed E-state index contributed by atoms with van der Waals surface area (Å²) in [4.78, 5) is 27.4. The molecule has 0 heterocycles. The molecule has 1 unspecified atom stereocenters. The molecule has 0 aliphatic rings. The SMILES string of the molecule is O=C(CCCCCON(O)O)NC(Cc1ccccc1)C(=O)O. The molecule has 0 saturated heterocycles. The molecule has 0 aliphatic heterocycles. The fourth-order valence-electron chi connectivity index (χ4n) is 2.03. The van der Waals surface area contributed by atoms with Gasteiger partial charge in [0, 0.05) is 12.8 Å². The molecule has 128 valence electrons. The fraction of sp³-hybridized carbons (Fsp3) is 0.467. The lowest BCUT2D eigenvalue weighted by Gasteiger charge is -2.14. The minimum Gasteiger partial charge on any atom is -0.480 e. The highest BCUT2D eigenvalue weighted by Crippen LogP contribution is 2.05. The lowest BCUT2D eigenvalue weighted by Crippen LogP contribution is -2.42. The molecule has 0 radical (unpaired) electrons. The first-order valence-electron chi connectivity index (χ1n) is 7.36. The van der Waals surface area contributed by atoms with Crippen LogP contribution >= 0.6 is 0 Å². The van der Waals surface area contributed by atoms with Crippen LogP contribution in [-0.2, 0) is 20.8 Å². The summed E-state index contributed by atoms with van der Waals surface area (Å²) >= 11 is 0. The lowest BCUT2D eigenvalue weighted by atomic mass is 10.1. The van der Waals surface area contributed by atoms with Crippen molar-refractivity contribution in [2.24, 2.45) is 0 Å². The van der Waals surface area contributed by atoms with Gasteiger partial charge in [0.1, 0.15) is 6.04 Å². The topological polar surface area (TPSA) is 119 Å². The number of hydrogen-bond acceptors (Lipinski definition) is 6. The summed E-state index contributed by atoms with van der Waals surface area (Å²) < 4.78 is 0. The van der Waals surface area contributed by atoms with Gasteiger partial charge < -0.3 is 10.4 Å². The number of hydrogen-bond donors (Lipinski definition) is 4. The maximum absolute atomic E-state index is 11.8. The summed E-state index contributed by atoms with van der Waals surface area (Å²) in [6.07, 6.45) is 2.21. The molecule has 1 amide bonds. The Morgan fingerprint density at radius 3 is 2.43 bits per heavy atom. The third kappa shape index (κ3) is 8.89. The van der Waals surface area contributed by atoms with E-state index in [1.807, 2.05) is 30.3 Å². The number of amides is 1. The van der Waals surface area contributed by atoms with Gasteiger partial charge >= 0.3 is 5.97 Å². The first kappa shape index (κ1) is 19.0. The molecule has 0 aromatic heterocycles. The first-order chi connectivity index (χ1) is 11.0. The van der Waals surface area contributed by atoms with E-state index >= 15 is 0 Å². The van der Waals surface area contributed by atoms with Gasteiger partial charge in [0.15, 0.2) is 0 Å². The number of carbonyl (C=O) groups is 2. The molecule has 1 aromatic carbocycles. The van der Waals surface area contributed by atoms with Crippen LogP contribution in [0.4, 0.5) is 0 Å². The molecule has 0 bridgehead atoms. The summed E-state index contributed by atoms with van der Waals surface area (Å²) in [5.74, 6) is -1.39. The summed E-state index contributed by atoms with van der Waals surface area (Å²) in [5, 5.41) is 28.0. The highest BCUT2D eigenvalue weighted by Gasteiger charge is 2.19. The monoisotopic (exact) mass is 326 g/mol. The zero-order valence-electron chi connectivity index (χ0n) is 12.7. The maximum Gasteiger partial charge on any atom is 0.326 e. The quantitative estimate of drug-likeness (QED) is 0.358. The number of benzene rings is 1. The third-order valence-electron chi connectivity index (χ3n) is 3.17. The van der Waals surface area contributed by atoms with Crippen molar-refractivity contribution in [1.82, 2.24) is 10.7 Å². The average molecular weight is 326 g/mol. The number of rotatable bonds is 11. The molecule has 8 heteroatoms. The molecule has 0 spiro atoms. The van der Waals surface area contributed by atoms with E-state index in [0.29, 0.717) is 19.3 Å². The van der Waals surface area contributed by atoms with E-state index in [9.17, 15) is 14.7 Å². The van der Waals surface area contributed by atoms with Gasteiger partial charge in [-0.3, -0.25) is 20.0 Å². The van der Waals surface area contributed by atoms with Crippen LogP contribution in [-0.4, -0.2) is 45.4 Å². The van der Waals surface area contributed by atoms with Crippen LogP contribution in [0.1, 0.15) is 31.2 Å². The van der Waals surface area contributed by atoms with E-state index in [2.05, 4.69) is 10.2 Å². The molecular formula is C15H22N2O6. The number of carboxylic acid groups (broad SMARTS) is 1. The van der Waals surface area contributed by atoms with Crippen LogP contribution < -0.4 is 5.32 Å². The van der Waals surface area contributed by atoms with Crippen molar-refractivity contribution in [3.63, 3.8) is 0 Å². The maximum atomic E-state index is 11.8. The van der Waals surface area contributed by atoms with Crippen molar-refractivity contribution in [2.45, 2.75) is 38.1 Å². The predicted molar refractivity (Wildman–Crippen MR) is 79.5 cm³/mol. The third-order valence-corrected chi connectivity index (χ3v) is 3.17. The summed E-state index contributed by atoms with van der Waals surface area (Å²) in [6, 6.07) is 8.15. The minimum atomic E-state index is -1.07. The molecule has 23 heavy (non-hydrogen) atoms. The van der Waals surface area contributed by atoms with Gasteiger partial charge in [-0.25, -0.2) is 4.79 Å². The molecule has 4 N–H and O–H groups in total. The van der Waals surface area contributed by atoms with E-state index in [1.54, 1.807) is 0 Å². The molecule has 1 aromatic rings. The van der Waals surface area contributed by atoms with Gasteiger partial charge in [-0.2, -0.15) is 0 Å². The molecule has 0 saturated carbocycles. The number of nitrogens with zero attached hydrogens (tertiary/aromatic N) is 1. The van der Waals surface area contributed by atoms with Gasteiger partial charge in [0.2, 0.25) is 5.91 Å². The molecule has 0 aliphatic carbocycles. The normalized spacial score (nSPS) is 12.1. The second kappa shape index (κ2) is 10.7. The Bertz CT molecular complexity index is 480.